The number of hydrogen-bond donors (Lipinski definition) is 2. The number of nitrogens with one attached hydrogen (secondary N) is 1. The van der Waals surface area contributed by atoms with Crippen molar-refractivity contribution in [2.24, 2.45) is 11.1 Å². The van der Waals surface area contributed by atoms with Crippen molar-refractivity contribution in [3.8, 4) is 0 Å². The lowest BCUT2D eigenvalue weighted by atomic mass is 10.1. The molecule has 1 fully saturated rings. The van der Waals surface area contributed by atoms with E-state index in [0.29, 0.717) is 18.8 Å². The van der Waals surface area contributed by atoms with Crippen molar-refractivity contribution in [1.29, 1.82) is 0 Å². The van der Waals surface area contributed by atoms with Gasteiger partial charge in [0.2, 0.25) is 15.9 Å². The zero-order chi connectivity index (χ0) is 20.4. The summed E-state index contributed by atoms with van der Waals surface area (Å²) >= 11 is 0. The van der Waals surface area contributed by atoms with Gasteiger partial charge in [-0.2, -0.15) is 0 Å². The highest BCUT2D eigenvalue weighted by Crippen LogP contribution is 2.24. The molecule has 1 aliphatic rings. The van der Waals surface area contributed by atoms with Crippen LogP contribution in [0.5, 0.6) is 0 Å². The van der Waals surface area contributed by atoms with E-state index in [-0.39, 0.29) is 24.0 Å². The number of nitrogens with two attached hydrogens (primary N) is 1. The molecule has 0 aromatic heterocycles. The molecule has 1 aromatic carbocycles. The fraction of sp³-hybridized carbons (Fsp3) is 0.556. The number of aryl methyl sites for hydroxylation is 1. The molecule has 1 unspecified atom stereocenters. The maximum atomic E-state index is 12.2. The van der Waals surface area contributed by atoms with Gasteiger partial charge in [0.15, 0.2) is 0 Å². The standard InChI is InChI=1S/C18H27N3O5S/c1-12-5-6-15(20-17(23)26-18(2,3)4)8-14(12)10-21-9-13(7-16(21)22)11-27(19,24)25/h5-6,8,13H,7,9-11H2,1-4H3,(H,20,23)(H2,19,24,25). The monoisotopic (exact) mass is 397 g/mol. The van der Waals surface area contributed by atoms with E-state index in [2.05, 4.69) is 5.32 Å². The van der Waals surface area contributed by atoms with Gasteiger partial charge in [0.1, 0.15) is 5.60 Å². The Balaban J connectivity index is 2.06. The minimum Gasteiger partial charge on any atom is -0.444 e. The first-order valence-electron chi connectivity index (χ1n) is 8.70. The molecule has 0 radical (unpaired) electrons. The minimum atomic E-state index is -3.61. The van der Waals surface area contributed by atoms with Crippen molar-refractivity contribution in [2.45, 2.75) is 46.3 Å². The van der Waals surface area contributed by atoms with Crippen molar-refractivity contribution in [1.82, 2.24) is 4.90 Å². The van der Waals surface area contributed by atoms with Gasteiger partial charge in [-0.15, -0.1) is 0 Å². The van der Waals surface area contributed by atoms with E-state index in [0.717, 1.165) is 11.1 Å². The van der Waals surface area contributed by atoms with E-state index in [9.17, 15) is 18.0 Å². The molecule has 2 amide bonds. The lowest BCUT2D eigenvalue weighted by Gasteiger charge is -2.21. The van der Waals surface area contributed by atoms with Gasteiger partial charge < -0.3 is 9.64 Å². The minimum absolute atomic E-state index is 0.103. The van der Waals surface area contributed by atoms with Crippen LogP contribution in [-0.4, -0.2) is 43.2 Å². The van der Waals surface area contributed by atoms with Gasteiger partial charge in [0.25, 0.3) is 0 Å². The fourth-order valence-electron chi connectivity index (χ4n) is 2.99. The first kappa shape index (κ1) is 21.2. The van der Waals surface area contributed by atoms with E-state index in [1.165, 1.54) is 0 Å². The summed E-state index contributed by atoms with van der Waals surface area (Å²) < 4.78 is 27.7. The largest absolute Gasteiger partial charge is 0.444 e. The Morgan fingerprint density at radius 2 is 2.04 bits per heavy atom. The summed E-state index contributed by atoms with van der Waals surface area (Å²) in [6.07, 6.45) is -0.381. The molecule has 9 heteroatoms. The van der Waals surface area contributed by atoms with Gasteiger partial charge in [-0.25, -0.2) is 18.4 Å². The zero-order valence-corrected chi connectivity index (χ0v) is 16.9. The van der Waals surface area contributed by atoms with E-state index in [1.807, 2.05) is 13.0 Å². The topological polar surface area (TPSA) is 119 Å². The molecule has 0 saturated carbocycles. The molecule has 0 bridgehead atoms. The van der Waals surface area contributed by atoms with Crippen molar-refractivity contribution >= 4 is 27.7 Å². The van der Waals surface area contributed by atoms with Gasteiger partial charge in [0, 0.05) is 31.1 Å². The summed E-state index contributed by atoms with van der Waals surface area (Å²) in [5.41, 5.74) is 1.80. The van der Waals surface area contributed by atoms with Crippen molar-refractivity contribution < 1.29 is 22.7 Å². The number of carbonyl (C=O) groups excluding carboxylic acids is 2. The van der Waals surface area contributed by atoms with Crippen LogP contribution in [0.4, 0.5) is 10.5 Å². The van der Waals surface area contributed by atoms with Crippen molar-refractivity contribution in [2.75, 3.05) is 17.6 Å². The van der Waals surface area contributed by atoms with Gasteiger partial charge in [-0.05, 0) is 51.0 Å². The number of carbonyl (C=O) groups is 2. The van der Waals surface area contributed by atoms with Crippen LogP contribution in [0.3, 0.4) is 0 Å². The highest BCUT2D eigenvalue weighted by Gasteiger charge is 2.32. The maximum absolute atomic E-state index is 12.2. The SMILES string of the molecule is Cc1ccc(NC(=O)OC(C)(C)C)cc1CN1CC(CS(N)(=O)=O)CC1=O. The number of primary sulfonamides is 1. The second-order valence-corrected chi connectivity index (χ2v) is 9.60. The highest BCUT2D eigenvalue weighted by molar-refractivity contribution is 7.89. The number of ether oxygens (including phenoxy) is 1. The number of benzene rings is 1. The zero-order valence-electron chi connectivity index (χ0n) is 16.1. The molecule has 1 atom stereocenters. The van der Waals surface area contributed by atoms with Gasteiger partial charge >= 0.3 is 6.09 Å². The van der Waals surface area contributed by atoms with E-state index in [4.69, 9.17) is 9.88 Å². The first-order chi connectivity index (χ1) is 12.3. The quantitative estimate of drug-likeness (QED) is 0.787. The molecule has 1 aromatic rings. The lowest BCUT2D eigenvalue weighted by molar-refractivity contribution is -0.128. The highest BCUT2D eigenvalue weighted by atomic mass is 32.2. The van der Waals surface area contributed by atoms with Gasteiger partial charge in [-0.3, -0.25) is 10.1 Å². The van der Waals surface area contributed by atoms with Crippen LogP contribution in [0.1, 0.15) is 38.3 Å². The Labute approximate surface area is 160 Å². The normalized spacial score (nSPS) is 17.9. The molecule has 1 aliphatic heterocycles. The summed E-state index contributed by atoms with van der Waals surface area (Å²) in [6, 6.07) is 5.41. The van der Waals surface area contributed by atoms with E-state index in [1.54, 1.807) is 37.8 Å². The maximum Gasteiger partial charge on any atom is 0.412 e. The van der Waals surface area contributed by atoms with Crippen LogP contribution >= 0.6 is 0 Å². The molecule has 1 saturated heterocycles. The Morgan fingerprint density at radius 1 is 1.37 bits per heavy atom. The molecule has 1 heterocycles. The third-order valence-electron chi connectivity index (χ3n) is 4.12. The number of sulfonamides is 1. The van der Waals surface area contributed by atoms with Crippen LogP contribution in [0.2, 0.25) is 0 Å². The molecule has 150 valence electrons. The molecular formula is C18H27N3O5S. The summed E-state index contributed by atoms with van der Waals surface area (Å²) in [5, 5.41) is 7.76. The third kappa shape index (κ3) is 6.84. The van der Waals surface area contributed by atoms with Crippen molar-refractivity contribution in [3.05, 3.63) is 29.3 Å². The van der Waals surface area contributed by atoms with Gasteiger partial charge in [0.05, 0.1) is 5.75 Å². The Morgan fingerprint density at radius 3 is 2.63 bits per heavy atom. The Kier molecular flexibility index (Phi) is 6.16. The Bertz CT molecular complexity index is 830. The average Bonchev–Trinajstić information content (AvgIpc) is 2.78. The van der Waals surface area contributed by atoms with Crippen molar-refractivity contribution in [3.63, 3.8) is 0 Å². The third-order valence-corrected chi connectivity index (χ3v) is 5.05. The average molecular weight is 397 g/mol. The first-order valence-corrected chi connectivity index (χ1v) is 10.4. The second kappa shape index (κ2) is 7.85. The number of nitrogens with zero attached hydrogens (tertiary/aromatic N) is 1. The van der Waals surface area contributed by atoms with Crippen LogP contribution in [-0.2, 0) is 26.1 Å². The molecule has 2 rings (SSSR count). The van der Waals surface area contributed by atoms with Crippen LogP contribution in [0.15, 0.2) is 18.2 Å². The van der Waals surface area contributed by atoms with Crippen LogP contribution in [0, 0.1) is 12.8 Å². The fourth-order valence-corrected chi connectivity index (χ4v) is 3.87. The number of hydrogen-bond acceptors (Lipinski definition) is 5. The van der Waals surface area contributed by atoms with Crippen LogP contribution < -0.4 is 10.5 Å². The predicted octanol–water partition coefficient (Wildman–Crippen LogP) is 1.98. The van der Waals surface area contributed by atoms with Gasteiger partial charge in [-0.1, -0.05) is 6.07 Å². The summed E-state index contributed by atoms with van der Waals surface area (Å²) in [4.78, 5) is 25.8. The summed E-state index contributed by atoms with van der Waals surface area (Å²) in [7, 11) is -3.61. The number of amides is 2. The number of rotatable bonds is 5. The molecule has 0 spiro atoms. The number of likely N-dealkylation sites (tertiary alicyclic amines) is 1. The lowest BCUT2D eigenvalue weighted by Crippen LogP contribution is -2.28. The molecule has 27 heavy (non-hydrogen) atoms. The summed E-state index contributed by atoms with van der Waals surface area (Å²) in [6.45, 7) is 7.95. The number of anilines is 1. The van der Waals surface area contributed by atoms with E-state index >= 15 is 0 Å². The molecule has 8 nitrogen and oxygen atoms in total. The van der Waals surface area contributed by atoms with Crippen LogP contribution in [0.25, 0.3) is 0 Å². The predicted molar refractivity (Wildman–Crippen MR) is 103 cm³/mol. The Hall–Kier alpha value is -2.13. The molecular weight excluding hydrogens is 370 g/mol. The smallest absolute Gasteiger partial charge is 0.412 e. The summed E-state index contributed by atoms with van der Waals surface area (Å²) in [5.74, 6) is -0.599. The second-order valence-electron chi connectivity index (χ2n) is 7.94. The van der Waals surface area contributed by atoms with E-state index < -0.39 is 21.7 Å². The molecule has 0 aliphatic carbocycles. The molecule has 3 N–H and O–H groups in total.